The molecule has 2 heterocycles. The lowest BCUT2D eigenvalue weighted by atomic mass is 10.1. The molecule has 0 aliphatic rings. The third kappa shape index (κ3) is 4.55. The zero-order chi connectivity index (χ0) is 21.7. The van der Waals surface area contributed by atoms with E-state index >= 15 is 0 Å². The molecule has 158 valence electrons. The summed E-state index contributed by atoms with van der Waals surface area (Å²) in [6.07, 6.45) is 3.22. The molecule has 30 heavy (non-hydrogen) atoms. The maximum Gasteiger partial charge on any atom is 0.338 e. The molecule has 0 unspecified atom stereocenters. The predicted molar refractivity (Wildman–Crippen MR) is 108 cm³/mol. The molecule has 0 fully saturated rings. The standard InChI is InChI=1S/C20H22N4O5S/c1-4-24(5-2)30(26,27)16-9-8-14(3)17(11-16)20(25)28-13-18-22-19(23-29-18)15-7-6-10-21-12-15/h6-12H,4-5,13H2,1-3H3. The lowest BCUT2D eigenvalue weighted by Crippen LogP contribution is -2.30. The van der Waals surface area contributed by atoms with E-state index in [1.165, 1.54) is 16.4 Å². The van der Waals surface area contributed by atoms with Gasteiger partial charge in [0.1, 0.15) is 0 Å². The van der Waals surface area contributed by atoms with E-state index in [9.17, 15) is 13.2 Å². The number of rotatable bonds is 8. The van der Waals surface area contributed by atoms with Crippen molar-refractivity contribution in [1.29, 1.82) is 0 Å². The number of nitrogens with zero attached hydrogens (tertiary/aromatic N) is 4. The SMILES string of the molecule is CCN(CC)S(=O)(=O)c1ccc(C)c(C(=O)OCc2nc(-c3cccnc3)no2)c1. The Labute approximate surface area is 174 Å². The highest BCUT2D eigenvalue weighted by Gasteiger charge is 2.24. The van der Waals surface area contributed by atoms with E-state index in [1.54, 1.807) is 51.4 Å². The van der Waals surface area contributed by atoms with Crippen LogP contribution >= 0.6 is 0 Å². The highest BCUT2D eigenvalue weighted by molar-refractivity contribution is 7.89. The van der Waals surface area contributed by atoms with Gasteiger partial charge in [0.2, 0.25) is 15.8 Å². The Morgan fingerprint density at radius 1 is 1.20 bits per heavy atom. The number of aryl methyl sites for hydroxylation is 1. The van der Waals surface area contributed by atoms with Gasteiger partial charge in [-0.3, -0.25) is 4.98 Å². The number of benzene rings is 1. The van der Waals surface area contributed by atoms with Gasteiger partial charge in [-0.25, -0.2) is 13.2 Å². The molecular formula is C20H22N4O5S. The lowest BCUT2D eigenvalue weighted by Gasteiger charge is -2.19. The van der Waals surface area contributed by atoms with E-state index in [0.717, 1.165) is 0 Å². The van der Waals surface area contributed by atoms with Gasteiger partial charge in [0.05, 0.1) is 10.5 Å². The van der Waals surface area contributed by atoms with E-state index in [4.69, 9.17) is 9.26 Å². The third-order valence-corrected chi connectivity index (χ3v) is 6.53. The van der Waals surface area contributed by atoms with Crippen LogP contribution < -0.4 is 0 Å². The molecule has 0 N–H and O–H groups in total. The number of carbonyl (C=O) groups is 1. The number of ether oxygens (including phenoxy) is 1. The van der Waals surface area contributed by atoms with E-state index < -0.39 is 16.0 Å². The zero-order valence-corrected chi connectivity index (χ0v) is 17.7. The molecule has 0 saturated carbocycles. The fourth-order valence-electron chi connectivity index (χ4n) is 2.82. The second-order valence-corrected chi connectivity index (χ2v) is 8.33. The summed E-state index contributed by atoms with van der Waals surface area (Å²) in [6.45, 7) is 5.66. The number of pyridine rings is 1. The van der Waals surface area contributed by atoms with Crippen molar-refractivity contribution in [2.45, 2.75) is 32.3 Å². The lowest BCUT2D eigenvalue weighted by molar-refractivity contribution is 0.0428. The minimum absolute atomic E-state index is 0.0420. The molecule has 0 atom stereocenters. The Morgan fingerprint density at radius 3 is 2.63 bits per heavy atom. The Hall–Kier alpha value is -3.11. The Kier molecular flexibility index (Phi) is 6.58. The molecule has 10 heteroatoms. The highest BCUT2D eigenvalue weighted by atomic mass is 32.2. The Morgan fingerprint density at radius 2 is 1.97 bits per heavy atom. The minimum Gasteiger partial charge on any atom is -0.452 e. The van der Waals surface area contributed by atoms with Gasteiger partial charge < -0.3 is 9.26 Å². The first-order chi connectivity index (χ1) is 14.4. The fourth-order valence-corrected chi connectivity index (χ4v) is 4.31. The average Bonchev–Trinajstić information content (AvgIpc) is 3.22. The average molecular weight is 430 g/mol. The van der Waals surface area contributed by atoms with Crippen molar-refractivity contribution in [3.05, 3.63) is 59.7 Å². The molecule has 0 bridgehead atoms. The van der Waals surface area contributed by atoms with Crippen molar-refractivity contribution >= 4 is 16.0 Å². The van der Waals surface area contributed by atoms with Gasteiger partial charge in [0, 0.05) is 31.0 Å². The molecule has 2 aromatic heterocycles. The van der Waals surface area contributed by atoms with Crippen LogP contribution in [-0.4, -0.2) is 46.9 Å². The predicted octanol–water partition coefficient (Wildman–Crippen LogP) is 2.83. The quantitative estimate of drug-likeness (QED) is 0.501. The van der Waals surface area contributed by atoms with Crippen LogP contribution in [0, 0.1) is 6.92 Å². The number of hydrogen-bond donors (Lipinski definition) is 0. The van der Waals surface area contributed by atoms with Crippen LogP contribution in [0.5, 0.6) is 0 Å². The fraction of sp³-hybridized carbons (Fsp3) is 0.300. The van der Waals surface area contributed by atoms with E-state index in [2.05, 4.69) is 15.1 Å². The summed E-state index contributed by atoms with van der Waals surface area (Å²) >= 11 is 0. The summed E-state index contributed by atoms with van der Waals surface area (Å²) in [7, 11) is -3.69. The highest BCUT2D eigenvalue weighted by Crippen LogP contribution is 2.21. The van der Waals surface area contributed by atoms with Crippen LogP contribution in [0.15, 0.2) is 52.1 Å². The summed E-state index contributed by atoms with van der Waals surface area (Å²) in [5.41, 5.74) is 1.43. The van der Waals surface area contributed by atoms with E-state index in [-0.39, 0.29) is 23.0 Å². The van der Waals surface area contributed by atoms with Crippen molar-refractivity contribution in [3.63, 3.8) is 0 Å². The van der Waals surface area contributed by atoms with Crippen LogP contribution in [0.25, 0.3) is 11.4 Å². The van der Waals surface area contributed by atoms with Gasteiger partial charge in [-0.1, -0.05) is 25.1 Å². The molecule has 0 saturated heterocycles. The van der Waals surface area contributed by atoms with Gasteiger partial charge in [-0.05, 0) is 36.8 Å². The summed E-state index contributed by atoms with van der Waals surface area (Å²) < 4.78 is 37.2. The molecule has 9 nitrogen and oxygen atoms in total. The summed E-state index contributed by atoms with van der Waals surface area (Å²) in [5.74, 6) is -0.227. The van der Waals surface area contributed by atoms with Crippen LogP contribution in [0.2, 0.25) is 0 Å². The molecule has 0 spiro atoms. The molecule has 0 radical (unpaired) electrons. The largest absolute Gasteiger partial charge is 0.452 e. The normalized spacial score (nSPS) is 11.6. The van der Waals surface area contributed by atoms with Crippen LogP contribution in [0.4, 0.5) is 0 Å². The number of carbonyl (C=O) groups excluding carboxylic acids is 1. The molecule has 0 aliphatic carbocycles. The molecular weight excluding hydrogens is 408 g/mol. The monoisotopic (exact) mass is 430 g/mol. The van der Waals surface area contributed by atoms with Gasteiger partial charge in [-0.15, -0.1) is 0 Å². The molecule has 3 aromatic rings. The first kappa shape index (κ1) is 21.6. The Balaban J connectivity index is 1.75. The molecule has 0 amide bonds. The van der Waals surface area contributed by atoms with Gasteiger partial charge in [-0.2, -0.15) is 9.29 Å². The molecule has 1 aromatic carbocycles. The number of sulfonamides is 1. The second-order valence-electron chi connectivity index (χ2n) is 6.40. The number of hydrogen-bond acceptors (Lipinski definition) is 8. The third-order valence-electron chi connectivity index (χ3n) is 4.49. The van der Waals surface area contributed by atoms with Gasteiger partial charge in [0.25, 0.3) is 5.89 Å². The summed E-state index contributed by atoms with van der Waals surface area (Å²) in [6, 6.07) is 7.92. The minimum atomic E-state index is -3.69. The maximum absolute atomic E-state index is 12.7. The van der Waals surface area contributed by atoms with Crippen LogP contribution in [-0.2, 0) is 21.4 Å². The topological polar surface area (TPSA) is 115 Å². The van der Waals surface area contributed by atoms with E-state index in [0.29, 0.717) is 30.0 Å². The summed E-state index contributed by atoms with van der Waals surface area (Å²) in [4.78, 5) is 20.8. The molecule has 0 aliphatic heterocycles. The van der Waals surface area contributed by atoms with Crippen molar-refractivity contribution in [2.24, 2.45) is 0 Å². The maximum atomic E-state index is 12.7. The van der Waals surface area contributed by atoms with Gasteiger partial charge >= 0.3 is 5.97 Å². The van der Waals surface area contributed by atoms with Gasteiger partial charge in [0.15, 0.2) is 6.61 Å². The number of aromatic nitrogens is 3. The second kappa shape index (κ2) is 9.14. The van der Waals surface area contributed by atoms with Crippen molar-refractivity contribution < 1.29 is 22.5 Å². The summed E-state index contributed by atoms with van der Waals surface area (Å²) in [5, 5.41) is 3.84. The first-order valence-corrected chi connectivity index (χ1v) is 10.8. The smallest absolute Gasteiger partial charge is 0.338 e. The Bertz CT molecular complexity index is 1130. The van der Waals surface area contributed by atoms with Crippen molar-refractivity contribution in [3.8, 4) is 11.4 Å². The number of esters is 1. The zero-order valence-electron chi connectivity index (χ0n) is 16.9. The molecule has 3 rings (SSSR count). The van der Waals surface area contributed by atoms with E-state index in [1.807, 2.05) is 0 Å². The van der Waals surface area contributed by atoms with Crippen molar-refractivity contribution in [1.82, 2.24) is 19.4 Å². The van der Waals surface area contributed by atoms with Crippen LogP contribution in [0.1, 0.15) is 35.7 Å². The van der Waals surface area contributed by atoms with Crippen molar-refractivity contribution in [2.75, 3.05) is 13.1 Å². The van der Waals surface area contributed by atoms with Crippen LogP contribution in [0.3, 0.4) is 0 Å². The first-order valence-electron chi connectivity index (χ1n) is 9.37.